The topological polar surface area (TPSA) is 34.9 Å². The van der Waals surface area contributed by atoms with E-state index in [0.29, 0.717) is 11.9 Å². The van der Waals surface area contributed by atoms with Crippen LogP contribution in [0.2, 0.25) is 0 Å². The second-order valence-electron chi connectivity index (χ2n) is 5.39. The lowest BCUT2D eigenvalue weighted by Gasteiger charge is -2.08. The summed E-state index contributed by atoms with van der Waals surface area (Å²) in [5.41, 5.74) is 1.16. The molecule has 0 fully saturated rings. The molecule has 0 aliphatic rings. The van der Waals surface area contributed by atoms with Gasteiger partial charge in [0.25, 0.3) is 5.56 Å². The molecule has 0 aliphatic heterocycles. The van der Waals surface area contributed by atoms with Gasteiger partial charge in [-0.1, -0.05) is 42.5 Å². The molecule has 0 N–H and O–H groups in total. The van der Waals surface area contributed by atoms with Crippen molar-refractivity contribution in [1.29, 1.82) is 0 Å². The van der Waals surface area contributed by atoms with Gasteiger partial charge >= 0.3 is 0 Å². The first-order valence-corrected chi connectivity index (χ1v) is 7.96. The maximum Gasteiger partial charge on any atom is 0.262 e. The summed E-state index contributed by atoms with van der Waals surface area (Å²) in [6.07, 6.45) is 1.66. The minimum Gasteiger partial charge on any atom is -0.294 e. The molecule has 0 amide bonds. The summed E-state index contributed by atoms with van der Waals surface area (Å²) >= 11 is 1.56. The molecule has 0 saturated heterocycles. The van der Waals surface area contributed by atoms with Crippen molar-refractivity contribution in [3.63, 3.8) is 0 Å². The molecule has 0 unspecified atom stereocenters. The second-order valence-corrected chi connectivity index (χ2v) is 6.63. The summed E-state index contributed by atoms with van der Waals surface area (Å²) in [6, 6.07) is 16.3. The van der Waals surface area contributed by atoms with Crippen LogP contribution in [-0.2, 0) is 6.54 Å². The Morgan fingerprint density at radius 3 is 2.82 bits per heavy atom. The minimum absolute atomic E-state index is 0.0299. The fraction of sp³-hybridized carbons (Fsp3) is 0.111. The number of aryl methyl sites for hydroxylation is 1. The van der Waals surface area contributed by atoms with E-state index in [9.17, 15) is 4.79 Å². The number of rotatable bonds is 2. The first kappa shape index (κ1) is 13.2. The Labute approximate surface area is 131 Å². The third-order valence-electron chi connectivity index (χ3n) is 3.86. The van der Waals surface area contributed by atoms with Crippen molar-refractivity contribution in [3.05, 3.63) is 75.7 Å². The van der Waals surface area contributed by atoms with Crippen molar-refractivity contribution in [2.45, 2.75) is 13.5 Å². The summed E-state index contributed by atoms with van der Waals surface area (Å²) in [4.78, 5) is 19.0. The molecule has 108 valence electrons. The fourth-order valence-electron chi connectivity index (χ4n) is 2.81. The molecule has 2 aromatic carbocycles. The van der Waals surface area contributed by atoms with Crippen molar-refractivity contribution in [2.75, 3.05) is 0 Å². The number of aromatic nitrogens is 2. The zero-order valence-corrected chi connectivity index (χ0v) is 12.9. The number of hydrogen-bond donors (Lipinski definition) is 0. The highest BCUT2D eigenvalue weighted by Gasteiger charge is 2.08. The van der Waals surface area contributed by atoms with E-state index in [4.69, 9.17) is 0 Å². The molecule has 22 heavy (non-hydrogen) atoms. The third kappa shape index (κ3) is 2.12. The predicted molar refractivity (Wildman–Crippen MR) is 91.7 cm³/mol. The molecule has 0 radical (unpaired) electrons. The molecule has 2 aromatic heterocycles. The van der Waals surface area contributed by atoms with Gasteiger partial charge in [-0.05, 0) is 29.3 Å². The lowest BCUT2D eigenvalue weighted by atomic mass is 10.0. The number of benzene rings is 2. The average Bonchev–Trinajstić information content (AvgIpc) is 2.92. The Hall–Kier alpha value is -2.46. The smallest absolute Gasteiger partial charge is 0.262 e. The maximum atomic E-state index is 12.6. The molecule has 4 heteroatoms. The van der Waals surface area contributed by atoms with Crippen LogP contribution in [0, 0.1) is 6.92 Å². The summed E-state index contributed by atoms with van der Waals surface area (Å²) in [5, 5.41) is 3.08. The van der Waals surface area contributed by atoms with Crippen LogP contribution in [0.15, 0.2) is 59.7 Å². The summed E-state index contributed by atoms with van der Waals surface area (Å²) in [7, 11) is 0. The van der Waals surface area contributed by atoms with Crippen LogP contribution in [0.1, 0.15) is 10.4 Å². The lowest BCUT2D eigenvalue weighted by Crippen LogP contribution is -2.20. The van der Waals surface area contributed by atoms with E-state index in [0.717, 1.165) is 15.3 Å². The Kier molecular flexibility index (Phi) is 3.05. The first-order valence-electron chi connectivity index (χ1n) is 7.14. The molecule has 0 aliphatic carbocycles. The summed E-state index contributed by atoms with van der Waals surface area (Å²) in [6.45, 7) is 2.54. The molecule has 4 rings (SSSR count). The second kappa shape index (κ2) is 5.07. The van der Waals surface area contributed by atoms with Crippen molar-refractivity contribution < 1.29 is 0 Å². The number of fused-ring (bicyclic) bond motifs is 2. The van der Waals surface area contributed by atoms with Gasteiger partial charge in [-0.2, -0.15) is 0 Å². The highest BCUT2D eigenvalue weighted by molar-refractivity contribution is 7.18. The highest BCUT2D eigenvalue weighted by atomic mass is 32.1. The first-order chi connectivity index (χ1) is 10.7. The van der Waals surface area contributed by atoms with Crippen molar-refractivity contribution in [3.8, 4) is 0 Å². The van der Waals surface area contributed by atoms with E-state index in [1.165, 1.54) is 10.8 Å². The Morgan fingerprint density at radius 2 is 1.91 bits per heavy atom. The van der Waals surface area contributed by atoms with Gasteiger partial charge in [-0.15, -0.1) is 11.3 Å². The molecule has 4 aromatic rings. The Bertz CT molecular complexity index is 1040. The monoisotopic (exact) mass is 306 g/mol. The molecule has 0 bridgehead atoms. The van der Waals surface area contributed by atoms with Crippen LogP contribution < -0.4 is 5.56 Å². The van der Waals surface area contributed by atoms with Gasteiger partial charge in [0, 0.05) is 4.88 Å². The summed E-state index contributed by atoms with van der Waals surface area (Å²) < 4.78 is 1.69. The third-order valence-corrected chi connectivity index (χ3v) is 4.82. The van der Waals surface area contributed by atoms with Crippen LogP contribution in [0.4, 0.5) is 0 Å². The number of nitrogens with zero attached hydrogens (tertiary/aromatic N) is 2. The van der Waals surface area contributed by atoms with Gasteiger partial charge in [0.2, 0.25) is 0 Å². The number of hydrogen-bond acceptors (Lipinski definition) is 3. The van der Waals surface area contributed by atoms with Gasteiger partial charge in [0.1, 0.15) is 4.83 Å². The van der Waals surface area contributed by atoms with E-state index in [-0.39, 0.29) is 5.56 Å². The lowest BCUT2D eigenvalue weighted by molar-refractivity contribution is 0.753. The molecule has 0 spiro atoms. The number of thiophene rings is 1. The highest BCUT2D eigenvalue weighted by Crippen LogP contribution is 2.21. The van der Waals surface area contributed by atoms with Gasteiger partial charge < -0.3 is 0 Å². The zero-order valence-electron chi connectivity index (χ0n) is 12.1. The van der Waals surface area contributed by atoms with Crippen LogP contribution in [0.25, 0.3) is 21.0 Å². The Morgan fingerprint density at radius 1 is 1.09 bits per heavy atom. The quantitative estimate of drug-likeness (QED) is 0.562. The maximum absolute atomic E-state index is 12.6. The minimum atomic E-state index is 0.0299. The van der Waals surface area contributed by atoms with E-state index < -0.39 is 0 Å². The van der Waals surface area contributed by atoms with Crippen molar-refractivity contribution in [2.24, 2.45) is 0 Å². The molecular formula is C18H14N2OS. The molecule has 2 heterocycles. The van der Waals surface area contributed by atoms with Crippen LogP contribution in [0.5, 0.6) is 0 Å². The SMILES string of the molecule is Cc1cc2c(=O)n(Cc3cccc4ccccc34)cnc2s1. The standard InChI is InChI=1S/C18H14N2OS/c1-12-9-16-17(22-12)19-11-20(18(16)21)10-14-7-4-6-13-5-2-3-8-15(13)14/h2-9,11H,10H2,1H3. The van der Waals surface area contributed by atoms with Crippen molar-refractivity contribution in [1.82, 2.24) is 9.55 Å². The molecular weight excluding hydrogens is 292 g/mol. The fourth-order valence-corrected chi connectivity index (χ4v) is 3.64. The zero-order chi connectivity index (χ0) is 15.1. The van der Waals surface area contributed by atoms with E-state index in [2.05, 4.69) is 29.2 Å². The molecule has 0 saturated carbocycles. The average molecular weight is 306 g/mol. The van der Waals surface area contributed by atoms with E-state index in [1.807, 2.05) is 31.2 Å². The summed E-state index contributed by atoms with van der Waals surface area (Å²) in [5.74, 6) is 0. The largest absolute Gasteiger partial charge is 0.294 e. The van der Waals surface area contributed by atoms with Crippen molar-refractivity contribution >= 4 is 32.3 Å². The molecule has 0 atom stereocenters. The normalized spacial score (nSPS) is 11.3. The van der Waals surface area contributed by atoms with E-state index in [1.54, 1.807) is 22.2 Å². The van der Waals surface area contributed by atoms with Gasteiger partial charge in [0.05, 0.1) is 18.3 Å². The van der Waals surface area contributed by atoms with Crippen LogP contribution in [-0.4, -0.2) is 9.55 Å². The van der Waals surface area contributed by atoms with Gasteiger partial charge in [-0.25, -0.2) is 4.98 Å². The Balaban J connectivity index is 1.86. The van der Waals surface area contributed by atoms with E-state index >= 15 is 0 Å². The van der Waals surface area contributed by atoms with Gasteiger partial charge in [-0.3, -0.25) is 9.36 Å². The predicted octanol–water partition coefficient (Wildman–Crippen LogP) is 3.97. The van der Waals surface area contributed by atoms with Gasteiger partial charge in [0.15, 0.2) is 0 Å². The van der Waals surface area contributed by atoms with Crippen LogP contribution in [0.3, 0.4) is 0 Å². The van der Waals surface area contributed by atoms with Crippen LogP contribution >= 0.6 is 11.3 Å². The molecule has 3 nitrogen and oxygen atoms in total.